The lowest BCUT2D eigenvalue weighted by Gasteiger charge is -2.21. The van der Waals surface area contributed by atoms with Gasteiger partial charge in [0.05, 0.1) is 13.2 Å². The number of carbonyl (C=O) groups is 3. The third-order valence-corrected chi connectivity index (χ3v) is 13.5. The van der Waals surface area contributed by atoms with Crippen LogP contribution in [0.25, 0.3) is 0 Å². The van der Waals surface area contributed by atoms with Gasteiger partial charge in [-0.2, -0.15) is 9.29 Å². The molecular weight excluding hydrogens is 924 g/mol. The summed E-state index contributed by atoms with van der Waals surface area (Å²) in [5.74, 6) is -0.523. The Bertz CT molecular complexity index is 1910. The molecule has 1 fully saturated rings. The molecule has 0 aromatic carbocycles. The van der Waals surface area contributed by atoms with Crippen molar-refractivity contribution in [2.24, 2.45) is 5.92 Å². The van der Waals surface area contributed by atoms with Crippen molar-refractivity contribution in [1.29, 1.82) is 0 Å². The van der Waals surface area contributed by atoms with Gasteiger partial charge in [-0.25, -0.2) is 13.9 Å². The second-order valence-corrected chi connectivity index (χ2v) is 19.9. The summed E-state index contributed by atoms with van der Waals surface area (Å²) in [5, 5.41) is 20.9. The fourth-order valence-corrected chi connectivity index (χ4v) is 8.88. The molecule has 386 valence electrons. The molecule has 68 heavy (non-hydrogen) atoms. The Morgan fingerprint density at radius 1 is 0.809 bits per heavy atom. The highest BCUT2D eigenvalue weighted by molar-refractivity contribution is 7.61. The van der Waals surface area contributed by atoms with E-state index in [2.05, 4.69) is 30.1 Å². The number of hydrogen-bond acceptors (Lipinski definition) is 16. The van der Waals surface area contributed by atoms with Crippen LogP contribution in [0.1, 0.15) is 155 Å². The molecule has 8 atom stereocenters. The standard InChI is InChI=1S/C47H77N3O16P2/c1-4-6-22-28-38(51)29-24-19-15-10-8-7-9-11-16-20-25-30-42(52)61-34-39(64-43(53)31-26-21-17-13-12-14-18-23-27-37(3)5-2)35-62-67(57,58)66-68(59,60)63-36-40-44(54)45(55)46(65-40)50-33-32-41(48)49-47(50)56/h7-8,11,15-16,19,24,29,32-33,37,39-40,44-46,54-55H,4-6,9-10,12-14,17-18,20-23,25-28,30-31,34-36H2,1-3H3,(H,57,58)(H,59,60)(H2,48,49,56)/b8-7-,16-11-,19-15-,29-24+/t37?,39-,40-,44-,45-,46-/m1/s1. The molecule has 1 saturated heterocycles. The number of nitrogen functional groups attached to an aromatic ring is 1. The van der Waals surface area contributed by atoms with Crippen molar-refractivity contribution in [3.05, 3.63) is 71.4 Å². The Kier molecular flexibility index (Phi) is 30.8. The minimum absolute atomic E-state index is 0.0242. The monoisotopic (exact) mass is 1000 g/mol. The van der Waals surface area contributed by atoms with Crippen molar-refractivity contribution in [1.82, 2.24) is 9.55 Å². The summed E-state index contributed by atoms with van der Waals surface area (Å²) in [7, 11) is -10.9. The number of anilines is 1. The predicted molar refractivity (Wildman–Crippen MR) is 257 cm³/mol. The number of nitrogens with two attached hydrogens (primary N) is 1. The fraction of sp³-hybridized carbons (Fsp3) is 0.681. The zero-order chi connectivity index (χ0) is 50.2. The number of phosphoric acid groups is 2. The van der Waals surface area contributed by atoms with Crippen LogP contribution in [0.4, 0.5) is 5.82 Å². The van der Waals surface area contributed by atoms with Gasteiger partial charge in [-0.05, 0) is 56.6 Å². The number of carbonyl (C=O) groups excluding carboxylic acids is 3. The molecular formula is C47H77N3O16P2. The van der Waals surface area contributed by atoms with Crippen molar-refractivity contribution in [2.75, 3.05) is 25.6 Å². The Morgan fingerprint density at radius 2 is 1.44 bits per heavy atom. The molecule has 0 saturated carbocycles. The van der Waals surface area contributed by atoms with Gasteiger partial charge < -0.3 is 39.9 Å². The minimum atomic E-state index is -5.44. The van der Waals surface area contributed by atoms with Crippen LogP contribution in [0.15, 0.2) is 65.7 Å². The van der Waals surface area contributed by atoms with E-state index in [9.17, 15) is 48.3 Å². The van der Waals surface area contributed by atoms with Crippen molar-refractivity contribution < 1.29 is 71.1 Å². The summed E-state index contributed by atoms with van der Waals surface area (Å²) < 4.78 is 56.5. The third kappa shape index (κ3) is 27.5. The van der Waals surface area contributed by atoms with Crippen molar-refractivity contribution >= 4 is 39.2 Å². The van der Waals surface area contributed by atoms with Crippen molar-refractivity contribution in [3.63, 3.8) is 0 Å². The first-order valence-electron chi connectivity index (χ1n) is 24.0. The molecule has 2 rings (SSSR count). The fourth-order valence-electron chi connectivity index (χ4n) is 6.77. The number of rotatable bonds is 38. The molecule has 21 heteroatoms. The van der Waals surface area contributed by atoms with Gasteiger partial charge in [0.15, 0.2) is 18.1 Å². The Balaban J connectivity index is 1.85. The number of aliphatic hydroxyl groups is 2. The number of ether oxygens (including phenoxy) is 3. The van der Waals surface area contributed by atoms with E-state index in [-0.39, 0.29) is 24.4 Å². The Morgan fingerprint density at radius 3 is 2.13 bits per heavy atom. The number of allylic oxidation sites excluding steroid dienone is 8. The topological polar surface area (TPSA) is 283 Å². The molecule has 0 aliphatic carbocycles. The Labute approximate surface area is 401 Å². The summed E-state index contributed by atoms with van der Waals surface area (Å²) in [6, 6.07) is 1.24. The summed E-state index contributed by atoms with van der Waals surface area (Å²) in [6.45, 7) is 4.18. The third-order valence-electron chi connectivity index (χ3n) is 10.9. The molecule has 0 amide bonds. The molecule has 6 N–H and O–H groups in total. The number of ketones is 1. The molecule has 3 unspecified atom stereocenters. The van der Waals surface area contributed by atoms with E-state index in [0.29, 0.717) is 32.1 Å². The van der Waals surface area contributed by atoms with Crippen LogP contribution in [0.5, 0.6) is 0 Å². The molecule has 1 aliphatic heterocycles. The zero-order valence-corrected chi connectivity index (χ0v) is 41.8. The first kappa shape index (κ1) is 60.5. The van der Waals surface area contributed by atoms with Crippen LogP contribution in [0, 0.1) is 5.92 Å². The highest BCUT2D eigenvalue weighted by atomic mass is 31.3. The highest BCUT2D eigenvalue weighted by Crippen LogP contribution is 2.60. The molecule has 0 spiro atoms. The second-order valence-electron chi connectivity index (χ2n) is 16.9. The lowest BCUT2D eigenvalue weighted by Crippen LogP contribution is -2.36. The van der Waals surface area contributed by atoms with Crippen LogP contribution >= 0.6 is 15.6 Å². The van der Waals surface area contributed by atoms with E-state index in [4.69, 9.17) is 29.0 Å². The maximum absolute atomic E-state index is 12.8. The largest absolute Gasteiger partial charge is 0.481 e. The van der Waals surface area contributed by atoms with Gasteiger partial charge in [0, 0.05) is 25.5 Å². The van der Waals surface area contributed by atoms with Crippen molar-refractivity contribution in [3.8, 4) is 0 Å². The van der Waals surface area contributed by atoms with Gasteiger partial charge in [-0.3, -0.25) is 28.0 Å². The van der Waals surface area contributed by atoms with E-state index >= 15 is 0 Å². The van der Waals surface area contributed by atoms with Crippen molar-refractivity contribution in [2.45, 2.75) is 180 Å². The van der Waals surface area contributed by atoms with Gasteiger partial charge >= 0.3 is 33.3 Å². The van der Waals surface area contributed by atoms with Crippen LogP contribution in [-0.2, 0) is 51.1 Å². The average Bonchev–Trinajstić information content (AvgIpc) is 3.57. The predicted octanol–water partition coefficient (Wildman–Crippen LogP) is 8.42. The van der Waals surface area contributed by atoms with E-state index < -0.39 is 83.7 Å². The van der Waals surface area contributed by atoms with Gasteiger partial charge in [-0.1, -0.05) is 134 Å². The molecule has 19 nitrogen and oxygen atoms in total. The average molecular weight is 1000 g/mol. The first-order valence-corrected chi connectivity index (χ1v) is 27.0. The molecule has 1 aromatic heterocycles. The maximum atomic E-state index is 12.8. The molecule has 1 aliphatic rings. The van der Waals surface area contributed by atoms with E-state index in [1.165, 1.54) is 38.2 Å². The summed E-state index contributed by atoms with van der Waals surface area (Å²) in [4.78, 5) is 73.5. The van der Waals surface area contributed by atoms with E-state index in [0.717, 1.165) is 68.0 Å². The maximum Gasteiger partial charge on any atom is 0.481 e. The SMILES string of the molecule is CCCCCC(=O)/C=C/C=C\C/C=C\C/C=C\CCCC(=O)OC[C@H](COP(=O)(O)OP(=O)(O)OC[C@H]1O[C@@H](n2ccc(N)nc2=O)[C@H](O)[C@@H]1O)OC(=O)CCCCCCCCCCC(C)CC. The lowest BCUT2D eigenvalue weighted by atomic mass is 9.99. The van der Waals surface area contributed by atoms with Crippen LogP contribution in [-0.4, -0.2) is 91.5 Å². The smallest absolute Gasteiger partial charge is 0.462 e. The number of aliphatic hydroxyl groups excluding tert-OH is 2. The van der Waals surface area contributed by atoms with Crippen LogP contribution < -0.4 is 11.4 Å². The van der Waals surface area contributed by atoms with Gasteiger partial charge in [0.1, 0.15) is 30.7 Å². The zero-order valence-electron chi connectivity index (χ0n) is 40.1. The molecule has 0 bridgehead atoms. The number of hydrogen-bond donors (Lipinski definition) is 5. The Hall–Kier alpha value is -3.61. The first-order chi connectivity index (χ1) is 32.5. The normalized spacial score (nSPS) is 20.3. The number of aromatic nitrogens is 2. The molecule has 2 heterocycles. The summed E-state index contributed by atoms with van der Waals surface area (Å²) in [5.41, 5.74) is 4.57. The van der Waals surface area contributed by atoms with Crippen LogP contribution in [0.3, 0.4) is 0 Å². The van der Waals surface area contributed by atoms with E-state index in [1.807, 2.05) is 36.5 Å². The quantitative estimate of drug-likeness (QED) is 0.0104. The highest BCUT2D eigenvalue weighted by Gasteiger charge is 2.46. The molecule has 1 aromatic rings. The van der Waals surface area contributed by atoms with Gasteiger partial charge in [0.25, 0.3) is 0 Å². The van der Waals surface area contributed by atoms with Crippen LogP contribution in [0.2, 0.25) is 0 Å². The second kappa shape index (κ2) is 34.6. The van der Waals surface area contributed by atoms with Gasteiger partial charge in [0.2, 0.25) is 0 Å². The number of nitrogens with zero attached hydrogens (tertiary/aromatic N) is 2. The van der Waals surface area contributed by atoms with E-state index in [1.54, 1.807) is 12.2 Å². The summed E-state index contributed by atoms with van der Waals surface area (Å²) in [6.07, 6.45) is 24.9. The van der Waals surface area contributed by atoms with Gasteiger partial charge in [-0.15, -0.1) is 0 Å². The molecule has 0 radical (unpaired) electrons. The lowest BCUT2D eigenvalue weighted by molar-refractivity contribution is -0.161. The number of esters is 2. The number of phosphoric ester groups is 2. The minimum Gasteiger partial charge on any atom is -0.462 e. The number of unbranched alkanes of at least 4 members (excludes halogenated alkanes) is 10. The summed E-state index contributed by atoms with van der Waals surface area (Å²) >= 11 is 0.